The van der Waals surface area contributed by atoms with Crippen molar-refractivity contribution in [3.8, 4) is 0 Å². The third kappa shape index (κ3) is 5.84. The highest BCUT2D eigenvalue weighted by molar-refractivity contribution is 6.00. The molecule has 74 valence electrons. The third-order valence-corrected chi connectivity index (χ3v) is 1.17. The largest absolute Gasteiger partial charge is 0.466 e. The molecule has 0 saturated heterocycles. The van der Waals surface area contributed by atoms with E-state index in [1.807, 2.05) is 6.92 Å². The summed E-state index contributed by atoms with van der Waals surface area (Å²) < 4.78 is 4.73. The minimum atomic E-state index is -0.333. The Bertz CT molecular complexity index is 211. The van der Waals surface area contributed by atoms with Crippen molar-refractivity contribution in [2.75, 3.05) is 13.2 Å². The second-order valence-corrected chi connectivity index (χ2v) is 2.15. The molecule has 0 rings (SSSR count). The van der Waals surface area contributed by atoms with Crippen LogP contribution in [0.4, 0.5) is 0 Å². The van der Waals surface area contributed by atoms with Crippen molar-refractivity contribution in [3.63, 3.8) is 0 Å². The highest BCUT2D eigenvalue weighted by Gasteiger charge is 2.05. The maximum absolute atomic E-state index is 11.0. The molecule has 0 aromatic heterocycles. The molecule has 0 unspecified atom stereocenters. The molecule has 0 bridgehead atoms. The normalized spacial score (nSPS) is 12.0. The second-order valence-electron chi connectivity index (χ2n) is 2.15. The van der Waals surface area contributed by atoms with Gasteiger partial charge in [0.2, 0.25) is 0 Å². The van der Waals surface area contributed by atoms with Crippen LogP contribution >= 0.6 is 0 Å². The number of nitrogens with two attached hydrogens (primary N) is 1. The third-order valence-electron chi connectivity index (χ3n) is 1.17. The van der Waals surface area contributed by atoms with Crippen LogP contribution in [-0.2, 0) is 9.53 Å². The summed E-state index contributed by atoms with van der Waals surface area (Å²) in [6.07, 6.45) is 1.20. The fourth-order valence-electron chi connectivity index (χ4n) is 0.752. The van der Waals surface area contributed by atoms with Gasteiger partial charge in [0.25, 0.3) is 0 Å². The number of aliphatic imine (C=N–C) groups is 2. The quantitative estimate of drug-likeness (QED) is 0.390. The number of amidine groups is 1. The zero-order chi connectivity index (χ0) is 10.1. The van der Waals surface area contributed by atoms with E-state index in [0.717, 1.165) is 6.34 Å². The van der Waals surface area contributed by atoms with E-state index < -0.39 is 0 Å². The van der Waals surface area contributed by atoms with Crippen LogP contribution in [-0.4, -0.2) is 31.3 Å². The van der Waals surface area contributed by atoms with Crippen molar-refractivity contribution in [2.45, 2.75) is 20.3 Å². The Hall–Kier alpha value is -1.39. The molecule has 0 fully saturated rings. The molecule has 0 aliphatic carbocycles. The average Bonchev–Trinajstić information content (AvgIpc) is 2.05. The Morgan fingerprint density at radius 3 is 2.69 bits per heavy atom. The second kappa shape index (κ2) is 7.27. The van der Waals surface area contributed by atoms with E-state index >= 15 is 0 Å². The van der Waals surface area contributed by atoms with Gasteiger partial charge in [0.1, 0.15) is 12.3 Å². The summed E-state index contributed by atoms with van der Waals surface area (Å²) in [5, 5.41) is 0. The molecular weight excluding hydrogens is 170 g/mol. The lowest BCUT2D eigenvalue weighted by molar-refractivity contribution is -0.141. The Labute approximate surface area is 77.7 Å². The Morgan fingerprint density at radius 2 is 2.23 bits per heavy atom. The SMILES string of the molecule is CCN=C(CC(=O)OCC)N=CN. The molecule has 0 spiro atoms. The molecule has 13 heavy (non-hydrogen) atoms. The fourth-order valence-corrected chi connectivity index (χ4v) is 0.752. The van der Waals surface area contributed by atoms with Crippen molar-refractivity contribution in [2.24, 2.45) is 15.7 Å². The van der Waals surface area contributed by atoms with Crippen LogP contribution in [0.1, 0.15) is 20.3 Å². The van der Waals surface area contributed by atoms with Gasteiger partial charge in [-0.25, -0.2) is 4.99 Å². The number of hydrogen-bond donors (Lipinski definition) is 1. The van der Waals surface area contributed by atoms with Gasteiger partial charge in [0, 0.05) is 6.54 Å². The van der Waals surface area contributed by atoms with Crippen LogP contribution in [0, 0.1) is 0 Å². The van der Waals surface area contributed by atoms with E-state index in [-0.39, 0.29) is 12.4 Å². The molecule has 0 heterocycles. The lowest BCUT2D eigenvalue weighted by Gasteiger charge is -2.00. The first kappa shape index (κ1) is 11.6. The van der Waals surface area contributed by atoms with Crippen molar-refractivity contribution < 1.29 is 9.53 Å². The Kier molecular flexibility index (Phi) is 6.49. The average molecular weight is 185 g/mol. The maximum atomic E-state index is 11.0. The van der Waals surface area contributed by atoms with Crippen LogP contribution in [0.5, 0.6) is 0 Å². The molecule has 0 atom stereocenters. The monoisotopic (exact) mass is 185 g/mol. The highest BCUT2D eigenvalue weighted by Crippen LogP contribution is 1.92. The van der Waals surface area contributed by atoms with Crippen LogP contribution in [0.15, 0.2) is 9.98 Å². The molecule has 0 aromatic rings. The smallest absolute Gasteiger partial charge is 0.313 e. The van der Waals surface area contributed by atoms with Gasteiger partial charge < -0.3 is 10.5 Å². The molecule has 0 amide bonds. The molecule has 0 aliphatic heterocycles. The van der Waals surface area contributed by atoms with Gasteiger partial charge in [-0.15, -0.1) is 0 Å². The summed E-state index contributed by atoms with van der Waals surface area (Å²) in [6, 6.07) is 0. The highest BCUT2D eigenvalue weighted by atomic mass is 16.5. The van der Waals surface area contributed by atoms with E-state index in [0.29, 0.717) is 19.0 Å². The molecule has 5 heteroatoms. The fraction of sp³-hybridized carbons (Fsp3) is 0.625. The van der Waals surface area contributed by atoms with Gasteiger partial charge >= 0.3 is 5.97 Å². The number of carbonyl (C=O) groups excluding carboxylic acids is 1. The molecule has 0 saturated carbocycles. The van der Waals surface area contributed by atoms with Crippen molar-refractivity contribution in [1.29, 1.82) is 0 Å². The number of ether oxygens (including phenoxy) is 1. The molecule has 0 radical (unpaired) electrons. The van der Waals surface area contributed by atoms with Crippen molar-refractivity contribution in [1.82, 2.24) is 0 Å². The maximum Gasteiger partial charge on any atom is 0.313 e. The van der Waals surface area contributed by atoms with E-state index in [2.05, 4.69) is 9.98 Å². The van der Waals surface area contributed by atoms with Gasteiger partial charge in [-0.2, -0.15) is 0 Å². The molecular formula is C8H15N3O2. The molecule has 0 aliphatic rings. The Balaban J connectivity index is 4.10. The van der Waals surface area contributed by atoms with Gasteiger partial charge in [0.05, 0.1) is 12.9 Å². The zero-order valence-corrected chi connectivity index (χ0v) is 7.99. The van der Waals surface area contributed by atoms with Crippen molar-refractivity contribution >= 4 is 18.1 Å². The van der Waals surface area contributed by atoms with E-state index in [1.54, 1.807) is 6.92 Å². The van der Waals surface area contributed by atoms with Crippen LogP contribution in [0.25, 0.3) is 0 Å². The summed E-state index contributed by atoms with van der Waals surface area (Å²) in [5.74, 6) is 0.0729. The van der Waals surface area contributed by atoms with E-state index in [1.165, 1.54) is 0 Å². The van der Waals surface area contributed by atoms with Gasteiger partial charge in [-0.1, -0.05) is 0 Å². The number of nitrogens with zero attached hydrogens (tertiary/aromatic N) is 2. The predicted octanol–water partition coefficient (Wildman–Crippen LogP) is 0.345. The van der Waals surface area contributed by atoms with Gasteiger partial charge in [0.15, 0.2) is 0 Å². The number of esters is 1. The Morgan fingerprint density at radius 1 is 1.54 bits per heavy atom. The summed E-state index contributed by atoms with van der Waals surface area (Å²) in [6.45, 7) is 4.55. The summed E-state index contributed by atoms with van der Waals surface area (Å²) in [4.78, 5) is 18.7. The van der Waals surface area contributed by atoms with E-state index in [9.17, 15) is 4.79 Å². The minimum absolute atomic E-state index is 0.0787. The summed E-state index contributed by atoms with van der Waals surface area (Å²) in [7, 11) is 0. The lowest BCUT2D eigenvalue weighted by atomic mass is 10.4. The number of carbonyl (C=O) groups is 1. The number of rotatable bonds is 4. The van der Waals surface area contributed by atoms with E-state index in [4.69, 9.17) is 10.5 Å². The minimum Gasteiger partial charge on any atom is -0.466 e. The summed E-state index contributed by atoms with van der Waals surface area (Å²) in [5.41, 5.74) is 5.08. The van der Waals surface area contributed by atoms with Crippen LogP contribution < -0.4 is 5.73 Å². The topological polar surface area (TPSA) is 77.0 Å². The molecule has 0 aromatic carbocycles. The van der Waals surface area contributed by atoms with Gasteiger partial charge in [-0.3, -0.25) is 9.79 Å². The number of hydrogen-bond acceptors (Lipinski definition) is 3. The first-order valence-electron chi connectivity index (χ1n) is 4.17. The van der Waals surface area contributed by atoms with Crippen molar-refractivity contribution in [3.05, 3.63) is 0 Å². The zero-order valence-electron chi connectivity index (χ0n) is 7.99. The lowest BCUT2D eigenvalue weighted by Crippen LogP contribution is -2.11. The standard InChI is InChI=1S/C8H15N3O2/c1-3-10-7(11-6-9)5-8(12)13-4-2/h6H,3-5H2,1-2H3,(H2,9,10,11). The molecule has 5 nitrogen and oxygen atoms in total. The first-order chi connectivity index (χ1) is 6.24. The van der Waals surface area contributed by atoms with Crippen LogP contribution in [0.3, 0.4) is 0 Å². The molecule has 2 N–H and O–H groups in total. The predicted molar refractivity (Wildman–Crippen MR) is 51.9 cm³/mol. The first-order valence-corrected chi connectivity index (χ1v) is 4.17. The van der Waals surface area contributed by atoms with Crippen LogP contribution in [0.2, 0.25) is 0 Å². The van der Waals surface area contributed by atoms with Gasteiger partial charge in [-0.05, 0) is 13.8 Å². The summed E-state index contributed by atoms with van der Waals surface area (Å²) >= 11 is 0.